The number of carbonyl (C=O) groups is 2. The number of hydrogen-bond donors (Lipinski definition) is 1. The number of carbonyl (C=O) groups excluding carboxylic acids is 1. The predicted octanol–water partition coefficient (Wildman–Crippen LogP) is 2.12. The van der Waals surface area contributed by atoms with Gasteiger partial charge in [0.05, 0.1) is 0 Å². The second-order valence-corrected chi connectivity index (χ2v) is 7.15. The Morgan fingerprint density at radius 3 is 2.81 bits per heavy atom. The average molecular weight is 371 g/mol. The normalized spacial score (nSPS) is 19.9. The first-order valence-corrected chi connectivity index (χ1v) is 9.24. The van der Waals surface area contributed by atoms with Crippen LogP contribution >= 0.6 is 0 Å². The highest BCUT2D eigenvalue weighted by Gasteiger charge is 2.36. The zero-order chi connectivity index (χ0) is 19.1. The van der Waals surface area contributed by atoms with Crippen molar-refractivity contribution in [1.82, 2.24) is 4.90 Å². The molecule has 7 heteroatoms. The van der Waals surface area contributed by atoms with E-state index in [1.165, 1.54) is 4.90 Å². The lowest BCUT2D eigenvalue weighted by Crippen LogP contribution is -2.46. The second kappa shape index (κ2) is 6.72. The molecule has 1 aromatic heterocycles. The van der Waals surface area contributed by atoms with Gasteiger partial charge in [-0.2, -0.15) is 0 Å². The molecule has 0 radical (unpaired) electrons. The van der Waals surface area contributed by atoms with Gasteiger partial charge in [0.2, 0.25) is 0 Å². The predicted molar refractivity (Wildman–Crippen MR) is 97.0 cm³/mol. The van der Waals surface area contributed by atoms with Crippen molar-refractivity contribution < 1.29 is 23.8 Å². The van der Waals surface area contributed by atoms with Crippen molar-refractivity contribution in [3.8, 4) is 5.75 Å². The van der Waals surface area contributed by atoms with E-state index in [1.807, 2.05) is 6.07 Å². The van der Waals surface area contributed by atoms with Crippen molar-refractivity contribution in [3.05, 3.63) is 39.7 Å². The molecule has 2 heterocycles. The quantitative estimate of drug-likeness (QED) is 0.827. The van der Waals surface area contributed by atoms with Gasteiger partial charge in [0.25, 0.3) is 5.91 Å². The number of carboxylic acids is 1. The summed E-state index contributed by atoms with van der Waals surface area (Å²) in [6, 6.07) is 4.44. The maximum Gasteiger partial charge on any atom is 0.339 e. The van der Waals surface area contributed by atoms with E-state index < -0.39 is 18.1 Å². The van der Waals surface area contributed by atoms with Crippen LogP contribution in [0.4, 0.5) is 0 Å². The first kappa shape index (κ1) is 17.6. The Bertz CT molecular complexity index is 978. The van der Waals surface area contributed by atoms with Crippen LogP contribution < -0.4 is 10.4 Å². The van der Waals surface area contributed by atoms with Crippen molar-refractivity contribution in [2.45, 2.75) is 51.2 Å². The largest absolute Gasteiger partial charge is 0.481 e. The number of aryl methyl sites for hydroxylation is 1. The number of nitrogens with zero attached hydrogens (tertiary/aromatic N) is 1. The zero-order valence-electron chi connectivity index (χ0n) is 15.1. The van der Waals surface area contributed by atoms with E-state index in [0.29, 0.717) is 30.7 Å². The lowest BCUT2D eigenvalue weighted by Gasteiger charge is -2.25. The van der Waals surface area contributed by atoms with Gasteiger partial charge in [-0.1, -0.05) is 0 Å². The fraction of sp³-hybridized carbons (Fsp3) is 0.450. The smallest absolute Gasteiger partial charge is 0.339 e. The van der Waals surface area contributed by atoms with Crippen molar-refractivity contribution in [1.29, 1.82) is 0 Å². The first-order valence-electron chi connectivity index (χ1n) is 9.24. The van der Waals surface area contributed by atoms with Gasteiger partial charge in [-0.05, 0) is 56.7 Å². The molecular formula is C20H21NO6. The van der Waals surface area contributed by atoms with Crippen LogP contribution in [0.3, 0.4) is 0 Å². The molecular weight excluding hydrogens is 350 g/mol. The minimum absolute atomic E-state index is 0.308. The number of benzene rings is 1. The highest BCUT2D eigenvalue weighted by molar-refractivity contribution is 5.87. The molecule has 2 aliphatic rings. The molecule has 0 saturated carbocycles. The number of amides is 1. The van der Waals surface area contributed by atoms with Gasteiger partial charge in [-0.15, -0.1) is 0 Å². The maximum absolute atomic E-state index is 12.6. The molecule has 1 aromatic carbocycles. The summed E-state index contributed by atoms with van der Waals surface area (Å²) >= 11 is 0. The summed E-state index contributed by atoms with van der Waals surface area (Å²) in [5, 5.41) is 10.2. The lowest BCUT2D eigenvalue weighted by atomic mass is 10.1. The van der Waals surface area contributed by atoms with Crippen LogP contribution in [0.1, 0.15) is 37.3 Å². The van der Waals surface area contributed by atoms with Crippen LogP contribution in [0.25, 0.3) is 11.0 Å². The summed E-state index contributed by atoms with van der Waals surface area (Å²) in [5.74, 6) is -0.930. The minimum Gasteiger partial charge on any atom is -0.481 e. The van der Waals surface area contributed by atoms with E-state index >= 15 is 0 Å². The van der Waals surface area contributed by atoms with E-state index in [1.54, 1.807) is 19.1 Å². The zero-order valence-corrected chi connectivity index (χ0v) is 15.1. The Labute approximate surface area is 155 Å². The standard InChI is InChI=1S/C20H21NO6/c1-11(18(22)21-9-3-6-16(21)19(23)24)26-12-7-8-14-13-4-2-5-15(13)20(25)27-17(14)10-12/h7-8,10-11,16H,2-6,9H2,1H3,(H,23,24)/t11-,16-/m0/s1. The van der Waals surface area contributed by atoms with Gasteiger partial charge < -0.3 is 19.2 Å². The van der Waals surface area contributed by atoms with E-state index in [4.69, 9.17) is 9.15 Å². The van der Waals surface area contributed by atoms with E-state index in [9.17, 15) is 19.5 Å². The van der Waals surface area contributed by atoms with Crippen molar-refractivity contribution >= 4 is 22.8 Å². The fourth-order valence-electron chi connectivity index (χ4n) is 4.11. The molecule has 2 atom stereocenters. The van der Waals surface area contributed by atoms with Crippen LogP contribution in [0, 0.1) is 0 Å². The molecule has 4 rings (SSSR count). The Hall–Kier alpha value is -2.83. The Morgan fingerprint density at radius 2 is 2.04 bits per heavy atom. The summed E-state index contributed by atoms with van der Waals surface area (Å²) in [4.78, 5) is 37.4. The molecule has 142 valence electrons. The van der Waals surface area contributed by atoms with Crippen LogP contribution in [-0.4, -0.2) is 40.6 Å². The molecule has 7 nitrogen and oxygen atoms in total. The molecule has 0 unspecified atom stereocenters. The lowest BCUT2D eigenvalue weighted by molar-refractivity contribution is -0.150. The van der Waals surface area contributed by atoms with E-state index in [0.717, 1.165) is 35.8 Å². The van der Waals surface area contributed by atoms with Crippen molar-refractivity contribution in [3.63, 3.8) is 0 Å². The molecule has 1 amide bonds. The van der Waals surface area contributed by atoms with Gasteiger partial charge in [0.15, 0.2) is 6.10 Å². The third kappa shape index (κ3) is 3.07. The van der Waals surface area contributed by atoms with Crippen LogP contribution in [0.5, 0.6) is 5.75 Å². The average Bonchev–Trinajstić information content (AvgIpc) is 3.30. The second-order valence-electron chi connectivity index (χ2n) is 7.15. The Balaban J connectivity index is 1.56. The third-order valence-electron chi connectivity index (χ3n) is 5.43. The number of hydrogen-bond acceptors (Lipinski definition) is 5. The molecule has 1 N–H and O–H groups in total. The van der Waals surface area contributed by atoms with Gasteiger partial charge in [0, 0.05) is 23.6 Å². The molecule has 2 aromatic rings. The minimum atomic E-state index is -0.991. The summed E-state index contributed by atoms with van der Waals surface area (Å²) in [5.41, 5.74) is 1.94. The van der Waals surface area contributed by atoms with Gasteiger partial charge in [0.1, 0.15) is 17.4 Å². The van der Waals surface area contributed by atoms with Crippen LogP contribution in [0.2, 0.25) is 0 Å². The summed E-state index contributed by atoms with van der Waals surface area (Å²) in [7, 11) is 0. The number of likely N-dealkylation sites (tertiary alicyclic amines) is 1. The van der Waals surface area contributed by atoms with Crippen molar-refractivity contribution in [2.24, 2.45) is 0 Å². The number of carboxylic acid groups (broad SMARTS) is 1. The van der Waals surface area contributed by atoms with E-state index in [2.05, 4.69) is 0 Å². The number of rotatable bonds is 4. The maximum atomic E-state index is 12.6. The van der Waals surface area contributed by atoms with Crippen LogP contribution in [0.15, 0.2) is 27.4 Å². The SMILES string of the molecule is C[C@H](Oc1ccc2c3c(c(=O)oc2c1)CCC3)C(=O)N1CCC[C@H]1C(=O)O. The number of aliphatic carboxylic acids is 1. The highest BCUT2D eigenvalue weighted by atomic mass is 16.5. The van der Waals surface area contributed by atoms with Gasteiger partial charge in [-0.3, -0.25) is 4.79 Å². The molecule has 1 aliphatic heterocycles. The monoisotopic (exact) mass is 371 g/mol. The van der Waals surface area contributed by atoms with E-state index in [-0.39, 0.29) is 11.5 Å². The third-order valence-corrected chi connectivity index (χ3v) is 5.43. The van der Waals surface area contributed by atoms with Gasteiger partial charge in [-0.25, -0.2) is 9.59 Å². The number of ether oxygens (including phenoxy) is 1. The molecule has 27 heavy (non-hydrogen) atoms. The molecule has 1 saturated heterocycles. The summed E-state index contributed by atoms with van der Waals surface area (Å²) in [6.07, 6.45) is 2.85. The Morgan fingerprint density at radius 1 is 1.26 bits per heavy atom. The van der Waals surface area contributed by atoms with Crippen LogP contribution in [-0.2, 0) is 22.4 Å². The molecule has 0 spiro atoms. The van der Waals surface area contributed by atoms with Crippen molar-refractivity contribution in [2.75, 3.05) is 6.54 Å². The fourth-order valence-corrected chi connectivity index (χ4v) is 4.11. The molecule has 1 fully saturated rings. The summed E-state index contributed by atoms with van der Waals surface area (Å²) in [6.45, 7) is 2.02. The molecule has 1 aliphatic carbocycles. The first-order chi connectivity index (χ1) is 13.0. The summed E-state index contributed by atoms with van der Waals surface area (Å²) < 4.78 is 11.2. The molecule has 0 bridgehead atoms. The number of fused-ring (bicyclic) bond motifs is 3. The topological polar surface area (TPSA) is 97.0 Å². The highest BCUT2D eigenvalue weighted by Crippen LogP contribution is 2.30. The Kier molecular flexibility index (Phi) is 4.37. The van der Waals surface area contributed by atoms with Gasteiger partial charge >= 0.3 is 11.6 Å².